The highest BCUT2D eigenvalue weighted by molar-refractivity contribution is 9.10. The van der Waals surface area contributed by atoms with Crippen LogP contribution in [-0.4, -0.2) is 35.7 Å². The third-order valence-corrected chi connectivity index (χ3v) is 3.79. The van der Waals surface area contributed by atoms with E-state index in [-0.39, 0.29) is 12.1 Å². The molecule has 1 saturated heterocycles. The van der Waals surface area contributed by atoms with Crippen molar-refractivity contribution >= 4 is 27.7 Å². The van der Waals surface area contributed by atoms with Gasteiger partial charge in [-0.1, -0.05) is 15.9 Å². The van der Waals surface area contributed by atoms with Crippen molar-refractivity contribution in [2.75, 3.05) is 18.4 Å². The van der Waals surface area contributed by atoms with Gasteiger partial charge in [-0.05, 0) is 45.4 Å². The van der Waals surface area contributed by atoms with Gasteiger partial charge in [0.25, 0.3) is 0 Å². The smallest absolute Gasteiger partial charge is 0.410 e. The van der Waals surface area contributed by atoms with E-state index >= 15 is 0 Å². The molecular formula is C16H20BrN3O2. The van der Waals surface area contributed by atoms with Crippen molar-refractivity contribution in [1.29, 1.82) is 5.26 Å². The number of nitrogens with one attached hydrogen (secondary N) is 1. The van der Waals surface area contributed by atoms with E-state index in [0.717, 1.165) is 16.6 Å². The topological polar surface area (TPSA) is 65.4 Å². The Balaban J connectivity index is 1.99. The van der Waals surface area contributed by atoms with Gasteiger partial charge in [0, 0.05) is 23.6 Å². The lowest BCUT2D eigenvalue weighted by Gasteiger charge is -2.24. The second-order valence-electron chi connectivity index (χ2n) is 6.36. The van der Waals surface area contributed by atoms with Crippen molar-refractivity contribution in [1.82, 2.24) is 4.90 Å². The number of amides is 1. The van der Waals surface area contributed by atoms with Gasteiger partial charge >= 0.3 is 6.09 Å². The lowest BCUT2D eigenvalue weighted by atomic mass is 10.1. The van der Waals surface area contributed by atoms with Crippen molar-refractivity contribution < 1.29 is 9.53 Å². The molecule has 0 aromatic heterocycles. The summed E-state index contributed by atoms with van der Waals surface area (Å²) < 4.78 is 6.30. The number of hydrogen-bond donors (Lipinski definition) is 1. The Morgan fingerprint density at radius 2 is 2.23 bits per heavy atom. The number of nitriles is 1. The lowest BCUT2D eigenvalue weighted by Crippen LogP contribution is -2.36. The molecule has 22 heavy (non-hydrogen) atoms. The summed E-state index contributed by atoms with van der Waals surface area (Å²) in [5.41, 5.74) is 0.896. The summed E-state index contributed by atoms with van der Waals surface area (Å²) >= 11 is 3.41. The highest BCUT2D eigenvalue weighted by Crippen LogP contribution is 2.24. The fraction of sp³-hybridized carbons (Fsp3) is 0.500. The van der Waals surface area contributed by atoms with Gasteiger partial charge in [-0.15, -0.1) is 0 Å². The van der Waals surface area contributed by atoms with Crippen molar-refractivity contribution in [3.63, 3.8) is 0 Å². The van der Waals surface area contributed by atoms with Crippen molar-refractivity contribution in [2.45, 2.75) is 38.8 Å². The van der Waals surface area contributed by atoms with Crippen LogP contribution in [0.4, 0.5) is 10.5 Å². The molecule has 1 heterocycles. The molecule has 5 nitrogen and oxygen atoms in total. The molecule has 118 valence electrons. The summed E-state index contributed by atoms with van der Waals surface area (Å²) in [7, 11) is 0. The predicted molar refractivity (Wildman–Crippen MR) is 88.7 cm³/mol. The number of hydrogen-bond acceptors (Lipinski definition) is 4. The molecular weight excluding hydrogens is 346 g/mol. The molecule has 6 heteroatoms. The average molecular weight is 366 g/mol. The molecule has 1 fully saturated rings. The molecule has 1 atom stereocenters. The number of rotatable bonds is 2. The van der Waals surface area contributed by atoms with E-state index in [1.54, 1.807) is 11.0 Å². The van der Waals surface area contributed by atoms with Gasteiger partial charge in [0.15, 0.2) is 0 Å². The molecule has 1 aromatic rings. The molecule has 0 bridgehead atoms. The second-order valence-corrected chi connectivity index (χ2v) is 7.27. The zero-order valence-electron chi connectivity index (χ0n) is 13.0. The number of benzene rings is 1. The number of carbonyl (C=O) groups is 1. The zero-order valence-corrected chi connectivity index (χ0v) is 14.6. The van der Waals surface area contributed by atoms with Crippen molar-refractivity contribution in [2.24, 2.45) is 0 Å². The molecule has 0 radical (unpaired) electrons. The Morgan fingerprint density at radius 1 is 1.50 bits per heavy atom. The molecule has 1 aliphatic heterocycles. The summed E-state index contributed by atoms with van der Waals surface area (Å²) in [4.78, 5) is 13.8. The summed E-state index contributed by atoms with van der Waals surface area (Å²) in [5, 5.41) is 12.5. The Kier molecular flexibility index (Phi) is 4.97. The van der Waals surface area contributed by atoms with Gasteiger partial charge in [-0.25, -0.2) is 4.79 Å². The van der Waals surface area contributed by atoms with Crippen LogP contribution in [0, 0.1) is 11.3 Å². The normalized spacial score (nSPS) is 18.0. The van der Waals surface area contributed by atoms with Crippen molar-refractivity contribution in [3.8, 4) is 6.07 Å². The van der Waals surface area contributed by atoms with Crippen LogP contribution < -0.4 is 5.32 Å². The highest BCUT2D eigenvalue weighted by Gasteiger charge is 2.29. The van der Waals surface area contributed by atoms with E-state index < -0.39 is 5.60 Å². The third kappa shape index (κ3) is 4.38. The number of halogens is 1. The molecule has 1 N–H and O–H groups in total. The number of anilines is 1. The van der Waals surface area contributed by atoms with E-state index in [1.165, 1.54) is 0 Å². The van der Waals surface area contributed by atoms with E-state index in [9.17, 15) is 4.79 Å². The van der Waals surface area contributed by atoms with E-state index in [1.807, 2.05) is 32.9 Å². The fourth-order valence-corrected chi connectivity index (χ4v) is 2.68. The van der Waals surface area contributed by atoms with E-state index in [4.69, 9.17) is 10.00 Å². The summed E-state index contributed by atoms with van der Waals surface area (Å²) in [6.45, 7) is 6.81. The first kappa shape index (κ1) is 16.6. The molecule has 0 spiro atoms. The highest BCUT2D eigenvalue weighted by atomic mass is 79.9. The predicted octanol–water partition coefficient (Wildman–Crippen LogP) is 3.74. The van der Waals surface area contributed by atoms with Crippen LogP contribution in [0.25, 0.3) is 0 Å². The molecule has 0 aliphatic carbocycles. The molecule has 1 amide bonds. The maximum Gasteiger partial charge on any atom is 0.410 e. The summed E-state index contributed by atoms with van der Waals surface area (Å²) in [5.74, 6) is 0. The second kappa shape index (κ2) is 6.57. The first-order valence-corrected chi connectivity index (χ1v) is 8.02. The Bertz CT molecular complexity index is 604. The number of nitrogens with zero attached hydrogens (tertiary/aromatic N) is 2. The number of likely N-dealkylation sites (tertiary alicyclic amines) is 1. The van der Waals surface area contributed by atoms with Crippen LogP contribution in [0.15, 0.2) is 22.7 Å². The van der Waals surface area contributed by atoms with Crippen LogP contribution in [0.1, 0.15) is 32.8 Å². The minimum Gasteiger partial charge on any atom is -0.444 e. The van der Waals surface area contributed by atoms with Gasteiger partial charge in [0.2, 0.25) is 0 Å². The fourth-order valence-electron chi connectivity index (χ4n) is 2.32. The maximum atomic E-state index is 12.1. The quantitative estimate of drug-likeness (QED) is 0.866. The van der Waals surface area contributed by atoms with Crippen LogP contribution in [-0.2, 0) is 4.74 Å². The van der Waals surface area contributed by atoms with Crippen LogP contribution in [0.3, 0.4) is 0 Å². The SMILES string of the molecule is CC(C)(C)OC(=O)N1CCC(Nc2cc(Br)ccc2C#N)C1. The molecule has 0 saturated carbocycles. The first-order valence-electron chi connectivity index (χ1n) is 7.22. The lowest BCUT2D eigenvalue weighted by molar-refractivity contribution is 0.0293. The molecule has 1 unspecified atom stereocenters. The van der Waals surface area contributed by atoms with Crippen LogP contribution in [0.5, 0.6) is 0 Å². The summed E-state index contributed by atoms with van der Waals surface area (Å²) in [6.07, 6.45) is 0.544. The largest absolute Gasteiger partial charge is 0.444 e. The van der Waals surface area contributed by atoms with Crippen LogP contribution >= 0.6 is 15.9 Å². The van der Waals surface area contributed by atoms with E-state index in [0.29, 0.717) is 18.7 Å². The Hall–Kier alpha value is -1.74. The maximum absolute atomic E-state index is 12.1. The van der Waals surface area contributed by atoms with Gasteiger partial charge < -0.3 is 15.0 Å². The standard InChI is InChI=1S/C16H20BrN3O2/c1-16(2,3)22-15(21)20-7-6-13(10-20)19-14-8-12(17)5-4-11(14)9-18/h4-5,8,13,19H,6-7,10H2,1-3H3. The average Bonchev–Trinajstić information content (AvgIpc) is 2.86. The van der Waals surface area contributed by atoms with Gasteiger partial charge in [-0.3, -0.25) is 0 Å². The van der Waals surface area contributed by atoms with Gasteiger partial charge in [0.1, 0.15) is 11.7 Å². The molecule has 2 rings (SSSR count). The van der Waals surface area contributed by atoms with E-state index in [2.05, 4.69) is 27.3 Å². The first-order chi connectivity index (χ1) is 10.3. The minimum absolute atomic E-state index is 0.119. The minimum atomic E-state index is -0.485. The Morgan fingerprint density at radius 3 is 2.86 bits per heavy atom. The van der Waals surface area contributed by atoms with Crippen LogP contribution in [0.2, 0.25) is 0 Å². The molecule has 1 aromatic carbocycles. The van der Waals surface area contributed by atoms with Gasteiger partial charge in [0.05, 0.1) is 11.3 Å². The Labute approximate surface area is 139 Å². The van der Waals surface area contributed by atoms with Gasteiger partial charge in [-0.2, -0.15) is 5.26 Å². The summed E-state index contributed by atoms with van der Waals surface area (Å²) in [6, 6.07) is 7.79. The monoisotopic (exact) mass is 365 g/mol. The number of carbonyl (C=O) groups excluding carboxylic acids is 1. The molecule has 1 aliphatic rings. The third-order valence-electron chi connectivity index (χ3n) is 3.30. The number of ether oxygens (including phenoxy) is 1. The van der Waals surface area contributed by atoms with Crippen molar-refractivity contribution in [3.05, 3.63) is 28.2 Å². The zero-order chi connectivity index (χ0) is 16.3.